The minimum absolute atomic E-state index is 0.0709. The van der Waals surface area contributed by atoms with E-state index in [-0.39, 0.29) is 11.5 Å². The number of carbonyl (C=O) groups is 1. The molecule has 4 heteroatoms. The van der Waals surface area contributed by atoms with Gasteiger partial charge in [-0.2, -0.15) is 0 Å². The summed E-state index contributed by atoms with van der Waals surface area (Å²) in [7, 11) is 0. The lowest BCUT2D eigenvalue weighted by Crippen LogP contribution is -2.47. The summed E-state index contributed by atoms with van der Waals surface area (Å²) in [5.41, 5.74) is -0.132. The van der Waals surface area contributed by atoms with Crippen molar-refractivity contribution in [2.45, 2.75) is 59.0 Å². The van der Waals surface area contributed by atoms with Crippen LogP contribution in [0.4, 0.5) is 0 Å². The molecule has 26 heavy (non-hydrogen) atoms. The molecule has 4 rings (SSSR count). The van der Waals surface area contributed by atoms with E-state index in [1.165, 1.54) is 19.3 Å². The molecule has 1 saturated heterocycles. The number of fused-ring (bicyclic) bond motifs is 1. The van der Waals surface area contributed by atoms with Crippen LogP contribution in [0.1, 0.15) is 52.9 Å². The van der Waals surface area contributed by atoms with Gasteiger partial charge in [0, 0.05) is 12.0 Å². The van der Waals surface area contributed by atoms with Gasteiger partial charge in [-0.05, 0) is 50.9 Å². The average Bonchev–Trinajstić information content (AvgIpc) is 3.49. The van der Waals surface area contributed by atoms with Gasteiger partial charge < -0.3 is 9.47 Å². The molecule has 3 aliphatic rings. The van der Waals surface area contributed by atoms with Crippen molar-refractivity contribution in [1.29, 1.82) is 0 Å². The molecular formula is C22H33NO3. The zero-order valence-corrected chi connectivity index (χ0v) is 16.5. The molecule has 2 fully saturated rings. The minimum Gasteiger partial charge on any atom is -0.486 e. The normalized spacial score (nSPS) is 24.3. The van der Waals surface area contributed by atoms with Crippen LogP contribution in [0, 0.1) is 11.3 Å². The number of nitrogens with zero attached hydrogens (tertiary/aromatic N) is 1. The molecule has 0 radical (unpaired) electrons. The van der Waals surface area contributed by atoms with Crippen molar-refractivity contribution in [2.24, 2.45) is 11.3 Å². The van der Waals surface area contributed by atoms with Gasteiger partial charge in [-0.25, -0.2) is 0 Å². The standard InChI is InChI=1S/C17H23NO3.C5H10/c1-13(19)17(2)7-9-18(10-8-17)11-14-12-20-15-5-3-4-6-16(15)21-14;1-2-5-3-4-5/h3-6,14H,7-12H2,1-2H3;5H,2-4H2,1H3. The second-order valence-electron chi connectivity index (χ2n) is 8.27. The Morgan fingerprint density at radius 2 is 1.85 bits per heavy atom. The number of ketones is 1. The topological polar surface area (TPSA) is 38.8 Å². The first-order valence-electron chi connectivity index (χ1n) is 10.1. The van der Waals surface area contributed by atoms with E-state index in [9.17, 15) is 4.79 Å². The quantitative estimate of drug-likeness (QED) is 0.802. The number of Topliss-reactive ketones (excluding diaryl/α,β-unsaturated/α-hetero) is 1. The zero-order valence-electron chi connectivity index (χ0n) is 16.5. The fraction of sp³-hybridized carbons (Fsp3) is 0.682. The molecule has 1 aromatic carbocycles. The van der Waals surface area contributed by atoms with E-state index in [4.69, 9.17) is 9.47 Å². The maximum atomic E-state index is 11.7. The summed E-state index contributed by atoms with van der Waals surface area (Å²) < 4.78 is 11.8. The van der Waals surface area contributed by atoms with Crippen LogP contribution < -0.4 is 9.47 Å². The van der Waals surface area contributed by atoms with Gasteiger partial charge in [-0.15, -0.1) is 0 Å². The van der Waals surface area contributed by atoms with Gasteiger partial charge in [-0.3, -0.25) is 9.69 Å². The molecule has 0 aromatic heterocycles. The van der Waals surface area contributed by atoms with Gasteiger partial charge in [0.05, 0.1) is 0 Å². The third-order valence-electron chi connectivity index (χ3n) is 6.11. The highest BCUT2D eigenvalue weighted by molar-refractivity contribution is 5.82. The largest absolute Gasteiger partial charge is 0.486 e. The van der Waals surface area contributed by atoms with Gasteiger partial charge in [0.2, 0.25) is 0 Å². The van der Waals surface area contributed by atoms with Crippen molar-refractivity contribution in [2.75, 3.05) is 26.2 Å². The summed E-state index contributed by atoms with van der Waals surface area (Å²) in [4.78, 5) is 14.1. The monoisotopic (exact) mass is 359 g/mol. The third-order valence-corrected chi connectivity index (χ3v) is 6.11. The number of benzene rings is 1. The summed E-state index contributed by atoms with van der Waals surface area (Å²) in [5.74, 6) is 3.11. The molecule has 0 N–H and O–H groups in total. The number of ether oxygens (including phenoxy) is 2. The Morgan fingerprint density at radius 1 is 1.19 bits per heavy atom. The SMILES string of the molecule is CC(=O)C1(C)CCN(CC2COc3ccccc3O2)CC1.CCC1CC1. The van der Waals surface area contributed by atoms with Gasteiger partial charge in [0.1, 0.15) is 18.5 Å². The fourth-order valence-electron chi connectivity index (χ4n) is 3.55. The van der Waals surface area contributed by atoms with Gasteiger partial charge in [-0.1, -0.05) is 45.2 Å². The van der Waals surface area contributed by atoms with E-state index in [2.05, 4.69) is 18.7 Å². The van der Waals surface area contributed by atoms with Crippen LogP contribution in [-0.4, -0.2) is 43.0 Å². The van der Waals surface area contributed by atoms with Crippen LogP contribution in [0.5, 0.6) is 11.5 Å². The number of para-hydroxylation sites is 2. The molecule has 1 atom stereocenters. The first-order valence-corrected chi connectivity index (χ1v) is 10.1. The highest BCUT2D eigenvalue weighted by Crippen LogP contribution is 2.34. The van der Waals surface area contributed by atoms with E-state index in [1.807, 2.05) is 24.3 Å². The molecule has 1 aliphatic carbocycles. The summed E-state index contributed by atoms with van der Waals surface area (Å²) >= 11 is 0. The number of hydrogen-bond acceptors (Lipinski definition) is 4. The second kappa shape index (κ2) is 8.43. The van der Waals surface area contributed by atoms with Crippen molar-refractivity contribution in [3.05, 3.63) is 24.3 Å². The van der Waals surface area contributed by atoms with Crippen molar-refractivity contribution in [3.63, 3.8) is 0 Å². The van der Waals surface area contributed by atoms with Crippen molar-refractivity contribution < 1.29 is 14.3 Å². The smallest absolute Gasteiger partial charge is 0.161 e. The Kier molecular flexibility index (Phi) is 6.23. The Hall–Kier alpha value is -1.55. The van der Waals surface area contributed by atoms with E-state index in [1.54, 1.807) is 6.92 Å². The molecule has 144 valence electrons. The van der Waals surface area contributed by atoms with E-state index in [0.717, 1.165) is 49.9 Å². The van der Waals surface area contributed by atoms with Gasteiger partial charge >= 0.3 is 0 Å². The molecule has 0 amide bonds. The van der Waals surface area contributed by atoms with Crippen LogP contribution in [0.2, 0.25) is 0 Å². The maximum Gasteiger partial charge on any atom is 0.161 e. The summed E-state index contributed by atoms with van der Waals surface area (Å²) in [6, 6.07) is 7.80. The Labute approximate surface area is 157 Å². The average molecular weight is 360 g/mol. The number of rotatable bonds is 4. The van der Waals surface area contributed by atoms with Gasteiger partial charge in [0.25, 0.3) is 0 Å². The fourth-order valence-corrected chi connectivity index (χ4v) is 3.55. The van der Waals surface area contributed by atoms with Crippen LogP contribution in [0.15, 0.2) is 24.3 Å². The molecule has 2 heterocycles. The van der Waals surface area contributed by atoms with E-state index < -0.39 is 0 Å². The molecule has 0 bridgehead atoms. The van der Waals surface area contributed by atoms with Crippen LogP contribution in [0.3, 0.4) is 0 Å². The van der Waals surface area contributed by atoms with Crippen LogP contribution in [0.25, 0.3) is 0 Å². The molecular weight excluding hydrogens is 326 g/mol. The molecule has 4 nitrogen and oxygen atoms in total. The lowest BCUT2D eigenvalue weighted by Gasteiger charge is -2.39. The molecule has 0 spiro atoms. The lowest BCUT2D eigenvalue weighted by atomic mass is 9.77. The summed E-state index contributed by atoms with van der Waals surface area (Å²) in [6.45, 7) is 9.43. The highest BCUT2D eigenvalue weighted by atomic mass is 16.6. The predicted molar refractivity (Wildman–Crippen MR) is 104 cm³/mol. The number of likely N-dealkylation sites (tertiary alicyclic amines) is 1. The Balaban J connectivity index is 0.000000339. The molecule has 2 aliphatic heterocycles. The van der Waals surface area contributed by atoms with Crippen molar-refractivity contribution in [3.8, 4) is 11.5 Å². The Bertz CT molecular complexity index is 603. The first-order chi connectivity index (χ1) is 12.5. The zero-order chi connectivity index (χ0) is 18.6. The van der Waals surface area contributed by atoms with Crippen LogP contribution in [-0.2, 0) is 4.79 Å². The predicted octanol–water partition coefficient (Wildman–Crippen LogP) is 4.32. The first kappa shape index (κ1) is 19.2. The van der Waals surface area contributed by atoms with E-state index >= 15 is 0 Å². The molecule has 1 saturated carbocycles. The van der Waals surface area contributed by atoms with E-state index in [0.29, 0.717) is 12.4 Å². The minimum atomic E-state index is -0.132. The lowest BCUT2D eigenvalue weighted by molar-refractivity contribution is -0.128. The number of hydrogen-bond donors (Lipinski definition) is 0. The molecule has 1 unspecified atom stereocenters. The van der Waals surface area contributed by atoms with Crippen LogP contribution >= 0.6 is 0 Å². The Morgan fingerprint density at radius 3 is 2.38 bits per heavy atom. The summed E-state index contributed by atoms with van der Waals surface area (Å²) in [6.07, 6.45) is 6.38. The molecule has 1 aromatic rings. The number of carbonyl (C=O) groups excluding carboxylic acids is 1. The summed E-state index contributed by atoms with van der Waals surface area (Å²) in [5, 5.41) is 0. The van der Waals surface area contributed by atoms with Crippen molar-refractivity contribution in [1.82, 2.24) is 4.90 Å². The second-order valence-corrected chi connectivity index (χ2v) is 8.27. The van der Waals surface area contributed by atoms with Crippen molar-refractivity contribution >= 4 is 5.78 Å². The van der Waals surface area contributed by atoms with Gasteiger partial charge in [0.15, 0.2) is 11.5 Å². The maximum absolute atomic E-state index is 11.7. The number of piperidine rings is 1. The third kappa shape index (κ3) is 5.00. The highest BCUT2D eigenvalue weighted by Gasteiger charge is 2.35.